The Bertz CT molecular complexity index is 819. The van der Waals surface area contributed by atoms with Gasteiger partial charge < -0.3 is 14.8 Å². The molecular weight excluding hydrogens is 360 g/mol. The third kappa shape index (κ3) is 6.51. The standard InChI is InChI=1S/C21H24N2O5/c1-16(2)27-13-11-17(10-12-22-15-24)18-8-9-20(23(25)26)21(14-18)28-19-6-4-3-5-7-19/h3-9,11,14-16H,10,12-13H2,1-2H3,(H,22,24)/b17-11+. The number of nitro groups is 1. The number of nitrogens with zero attached hydrogens (tertiary/aromatic N) is 1. The first-order valence-corrected chi connectivity index (χ1v) is 9.00. The minimum Gasteiger partial charge on any atom is -0.450 e. The molecule has 0 aliphatic carbocycles. The highest BCUT2D eigenvalue weighted by Gasteiger charge is 2.17. The van der Waals surface area contributed by atoms with Crippen LogP contribution in [0.3, 0.4) is 0 Å². The third-order valence-electron chi connectivity index (χ3n) is 3.88. The zero-order chi connectivity index (χ0) is 20.4. The molecule has 0 heterocycles. The van der Waals surface area contributed by atoms with Crippen molar-refractivity contribution < 1.29 is 19.2 Å². The summed E-state index contributed by atoms with van der Waals surface area (Å²) in [5, 5.41) is 14.0. The van der Waals surface area contributed by atoms with Gasteiger partial charge in [-0.15, -0.1) is 0 Å². The molecule has 0 bridgehead atoms. The molecule has 7 heteroatoms. The van der Waals surface area contributed by atoms with Gasteiger partial charge in [-0.1, -0.05) is 24.3 Å². The number of ether oxygens (including phenoxy) is 2. The summed E-state index contributed by atoms with van der Waals surface area (Å²) in [7, 11) is 0. The lowest BCUT2D eigenvalue weighted by molar-refractivity contribution is -0.385. The molecule has 2 aromatic carbocycles. The van der Waals surface area contributed by atoms with E-state index in [4.69, 9.17) is 9.47 Å². The van der Waals surface area contributed by atoms with Crippen molar-refractivity contribution in [3.8, 4) is 11.5 Å². The molecule has 0 aromatic heterocycles. The fourth-order valence-electron chi connectivity index (χ4n) is 2.53. The fourth-order valence-corrected chi connectivity index (χ4v) is 2.53. The van der Waals surface area contributed by atoms with Gasteiger partial charge in [0.2, 0.25) is 12.2 Å². The average Bonchev–Trinajstić information content (AvgIpc) is 2.67. The van der Waals surface area contributed by atoms with Gasteiger partial charge in [-0.25, -0.2) is 0 Å². The van der Waals surface area contributed by atoms with Crippen LogP contribution in [0.2, 0.25) is 0 Å². The maximum atomic E-state index is 11.4. The van der Waals surface area contributed by atoms with Gasteiger partial charge in [0.05, 0.1) is 17.6 Å². The number of hydrogen-bond donors (Lipinski definition) is 1. The van der Waals surface area contributed by atoms with Gasteiger partial charge in [0.25, 0.3) is 0 Å². The van der Waals surface area contributed by atoms with Crippen molar-refractivity contribution in [2.24, 2.45) is 0 Å². The predicted molar refractivity (Wildman–Crippen MR) is 107 cm³/mol. The normalized spacial score (nSPS) is 11.3. The van der Waals surface area contributed by atoms with Crippen LogP contribution in [-0.4, -0.2) is 30.6 Å². The first-order valence-electron chi connectivity index (χ1n) is 9.00. The molecule has 2 rings (SSSR count). The molecule has 28 heavy (non-hydrogen) atoms. The highest BCUT2D eigenvalue weighted by atomic mass is 16.6. The van der Waals surface area contributed by atoms with E-state index in [0.29, 0.717) is 31.7 Å². The molecule has 0 fully saturated rings. The van der Waals surface area contributed by atoms with Crippen LogP contribution in [0.15, 0.2) is 54.6 Å². The fraction of sp³-hybridized carbons (Fsp3) is 0.286. The summed E-state index contributed by atoms with van der Waals surface area (Å²) in [6, 6.07) is 13.7. The SMILES string of the molecule is CC(C)OC/C=C(\CCNC=O)c1ccc([N+](=O)[O-])c(Oc2ccccc2)c1. The second-order valence-electron chi connectivity index (χ2n) is 6.29. The maximum Gasteiger partial charge on any atom is 0.311 e. The highest BCUT2D eigenvalue weighted by Crippen LogP contribution is 2.34. The van der Waals surface area contributed by atoms with Gasteiger partial charge >= 0.3 is 5.69 Å². The first kappa shape index (κ1) is 21.1. The Labute approximate surface area is 164 Å². The molecule has 0 aliphatic heterocycles. The topological polar surface area (TPSA) is 90.7 Å². The van der Waals surface area contributed by atoms with E-state index in [9.17, 15) is 14.9 Å². The zero-order valence-electron chi connectivity index (χ0n) is 16.0. The van der Waals surface area contributed by atoms with Crippen LogP contribution in [-0.2, 0) is 9.53 Å². The number of nitrogens with one attached hydrogen (secondary N) is 1. The lowest BCUT2D eigenvalue weighted by Crippen LogP contribution is -2.13. The molecule has 0 radical (unpaired) electrons. The Morgan fingerprint density at radius 3 is 2.61 bits per heavy atom. The molecule has 0 spiro atoms. The Morgan fingerprint density at radius 2 is 1.96 bits per heavy atom. The number of rotatable bonds is 11. The number of carbonyl (C=O) groups excluding carboxylic acids is 1. The van der Waals surface area contributed by atoms with Crippen molar-refractivity contribution >= 4 is 17.7 Å². The third-order valence-corrected chi connectivity index (χ3v) is 3.88. The lowest BCUT2D eigenvalue weighted by Gasteiger charge is -2.12. The Morgan fingerprint density at radius 1 is 1.21 bits per heavy atom. The quantitative estimate of drug-likeness (QED) is 0.269. The maximum absolute atomic E-state index is 11.4. The summed E-state index contributed by atoms with van der Waals surface area (Å²) in [5.41, 5.74) is 1.57. The number of carbonyl (C=O) groups is 1. The van der Waals surface area contributed by atoms with Crippen molar-refractivity contribution in [1.82, 2.24) is 5.32 Å². The number of hydrogen-bond acceptors (Lipinski definition) is 5. The van der Waals surface area contributed by atoms with Crippen LogP contribution in [0.1, 0.15) is 25.8 Å². The van der Waals surface area contributed by atoms with Gasteiger partial charge in [-0.2, -0.15) is 0 Å². The van der Waals surface area contributed by atoms with Crippen LogP contribution in [0, 0.1) is 10.1 Å². The van der Waals surface area contributed by atoms with Gasteiger partial charge in [-0.3, -0.25) is 14.9 Å². The minimum atomic E-state index is -0.471. The van der Waals surface area contributed by atoms with Crippen molar-refractivity contribution in [1.29, 1.82) is 0 Å². The summed E-state index contributed by atoms with van der Waals surface area (Å²) < 4.78 is 11.3. The smallest absolute Gasteiger partial charge is 0.311 e. The molecule has 0 saturated heterocycles. The second-order valence-corrected chi connectivity index (χ2v) is 6.29. The van der Waals surface area contributed by atoms with Gasteiger partial charge in [0.1, 0.15) is 5.75 Å². The van der Waals surface area contributed by atoms with E-state index in [1.807, 2.05) is 26.0 Å². The van der Waals surface area contributed by atoms with Crippen LogP contribution in [0.5, 0.6) is 11.5 Å². The van der Waals surface area contributed by atoms with Crippen molar-refractivity contribution in [2.75, 3.05) is 13.2 Å². The summed E-state index contributed by atoms with van der Waals surface area (Å²) in [6.45, 7) is 4.74. The first-order chi connectivity index (χ1) is 13.5. The Hall–Kier alpha value is -3.19. The summed E-state index contributed by atoms with van der Waals surface area (Å²) in [6.07, 6.45) is 3.20. The Kier molecular flexibility index (Phi) is 8.17. The van der Waals surface area contributed by atoms with Crippen molar-refractivity contribution in [3.63, 3.8) is 0 Å². The van der Waals surface area contributed by atoms with Gasteiger partial charge in [0.15, 0.2) is 0 Å². The summed E-state index contributed by atoms with van der Waals surface area (Å²) in [5.74, 6) is 0.673. The van der Waals surface area contributed by atoms with E-state index in [2.05, 4.69) is 5.32 Å². The molecule has 0 unspecified atom stereocenters. The molecule has 0 aliphatic rings. The van der Waals surface area contributed by atoms with E-state index in [1.165, 1.54) is 6.07 Å². The molecule has 7 nitrogen and oxygen atoms in total. The molecular formula is C21H24N2O5. The molecule has 1 amide bonds. The van der Waals surface area contributed by atoms with E-state index in [-0.39, 0.29) is 17.5 Å². The van der Waals surface area contributed by atoms with E-state index in [1.54, 1.807) is 36.4 Å². The Balaban J connectivity index is 2.34. The molecule has 0 saturated carbocycles. The molecule has 0 atom stereocenters. The van der Waals surface area contributed by atoms with Crippen LogP contribution in [0.25, 0.3) is 5.57 Å². The lowest BCUT2D eigenvalue weighted by atomic mass is 10.0. The van der Waals surface area contributed by atoms with E-state index in [0.717, 1.165) is 11.1 Å². The van der Waals surface area contributed by atoms with Crippen LogP contribution >= 0.6 is 0 Å². The number of para-hydroxylation sites is 1. The van der Waals surface area contributed by atoms with Crippen molar-refractivity contribution in [2.45, 2.75) is 26.4 Å². The molecule has 1 N–H and O–H groups in total. The van der Waals surface area contributed by atoms with E-state index >= 15 is 0 Å². The monoisotopic (exact) mass is 384 g/mol. The average molecular weight is 384 g/mol. The summed E-state index contributed by atoms with van der Waals surface area (Å²) in [4.78, 5) is 21.5. The van der Waals surface area contributed by atoms with Crippen molar-refractivity contribution in [3.05, 3.63) is 70.3 Å². The zero-order valence-corrected chi connectivity index (χ0v) is 16.0. The minimum absolute atomic E-state index is 0.0828. The summed E-state index contributed by atoms with van der Waals surface area (Å²) >= 11 is 0. The van der Waals surface area contributed by atoms with E-state index < -0.39 is 4.92 Å². The number of amides is 1. The largest absolute Gasteiger partial charge is 0.450 e. The predicted octanol–water partition coefficient (Wildman–Crippen LogP) is 4.33. The second kappa shape index (κ2) is 10.8. The van der Waals surface area contributed by atoms with Crippen LogP contribution < -0.4 is 10.1 Å². The molecule has 148 valence electrons. The molecule has 2 aromatic rings. The van der Waals surface area contributed by atoms with Crippen LogP contribution in [0.4, 0.5) is 5.69 Å². The highest BCUT2D eigenvalue weighted by molar-refractivity contribution is 5.69. The van der Waals surface area contributed by atoms with Gasteiger partial charge in [-0.05, 0) is 55.7 Å². The number of nitro benzene ring substituents is 1. The van der Waals surface area contributed by atoms with Gasteiger partial charge in [0, 0.05) is 12.6 Å². The number of benzene rings is 2.